The molecular weight excluding hydrogens is 282 g/mol. The number of benzene rings is 2. The fraction of sp³-hybridized carbons (Fsp3) is 0.429. The molecule has 0 bridgehead atoms. The molecule has 0 N–H and O–H groups in total. The molecule has 1 heterocycles. The first-order valence-corrected chi connectivity index (χ1v) is 8.82. The topological polar surface area (TPSA) is 12.5 Å². The molecule has 0 saturated carbocycles. The quantitative estimate of drug-likeness (QED) is 0.707. The summed E-state index contributed by atoms with van der Waals surface area (Å²) in [5, 5.41) is 0. The summed E-state index contributed by atoms with van der Waals surface area (Å²) in [6, 6.07) is 18.9. The van der Waals surface area contributed by atoms with Crippen LogP contribution in [0.15, 0.2) is 54.6 Å². The predicted molar refractivity (Wildman–Crippen MR) is 96.8 cm³/mol. The molecule has 3 rings (SSSR count). The van der Waals surface area contributed by atoms with Crippen LogP contribution < -0.4 is 4.74 Å². The Morgan fingerprint density at radius 3 is 2.48 bits per heavy atom. The van der Waals surface area contributed by atoms with Crippen molar-refractivity contribution in [2.45, 2.75) is 26.2 Å². The molecule has 2 nitrogen and oxygen atoms in total. The third kappa shape index (κ3) is 4.84. The van der Waals surface area contributed by atoms with Gasteiger partial charge >= 0.3 is 0 Å². The lowest BCUT2D eigenvalue weighted by molar-refractivity contribution is 0.170. The first kappa shape index (κ1) is 16.1. The Morgan fingerprint density at radius 2 is 1.74 bits per heavy atom. The minimum Gasteiger partial charge on any atom is -0.494 e. The van der Waals surface area contributed by atoms with Gasteiger partial charge in [0.1, 0.15) is 5.75 Å². The van der Waals surface area contributed by atoms with Crippen molar-refractivity contribution in [3.05, 3.63) is 54.6 Å². The van der Waals surface area contributed by atoms with Crippen LogP contribution in [0.2, 0.25) is 0 Å². The maximum atomic E-state index is 5.89. The van der Waals surface area contributed by atoms with E-state index in [0.29, 0.717) is 0 Å². The summed E-state index contributed by atoms with van der Waals surface area (Å²) in [6.45, 7) is 6.83. The van der Waals surface area contributed by atoms with Gasteiger partial charge in [0.2, 0.25) is 0 Å². The van der Waals surface area contributed by atoms with E-state index < -0.39 is 0 Å². The highest BCUT2D eigenvalue weighted by atomic mass is 16.5. The van der Waals surface area contributed by atoms with Crippen LogP contribution >= 0.6 is 0 Å². The molecule has 122 valence electrons. The minimum atomic E-state index is 0.801. The second-order valence-corrected chi connectivity index (χ2v) is 6.64. The van der Waals surface area contributed by atoms with Gasteiger partial charge in [-0.3, -0.25) is 0 Å². The summed E-state index contributed by atoms with van der Waals surface area (Å²) in [4.78, 5) is 2.58. The van der Waals surface area contributed by atoms with Crippen molar-refractivity contribution in [2.24, 2.45) is 5.92 Å². The van der Waals surface area contributed by atoms with Gasteiger partial charge in [0.25, 0.3) is 0 Å². The lowest BCUT2D eigenvalue weighted by atomic mass is 10.0. The highest BCUT2D eigenvalue weighted by Gasteiger charge is 2.15. The van der Waals surface area contributed by atoms with Crippen LogP contribution in [0.25, 0.3) is 11.1 Å². The Balaban J connectivity index is 1.42. The molecule has 0 aromatic heterocycles. The van der Waals surface area contributed by atoms with Crippen molar-refractivity contribution in [3.8, 4) is 16.9 Å². The minimum absolute atomic E-state index is 0.801. The van der Waals surface area contributed by atoms with E-state index in [1.807, 2.05) is 6.07 Å². The molecule has 0 aliphatic carbocycles. The molecule has 2 aromatic rings. The average Bonchev–Trinajstić information content (AvgIpc) is 2.60. The van der Waals surface area contributed by atoms with Gasteiger partial charge < -0.3 is 9.64 Å². The lowest BCUT2D eigenvalue weighted by Gasteiger charge is -2.30. The maximum absolute atomic E-state index is 5.89. The van der Waals surface area contributed by atoms with Crippen molar-refractivity contribution in [1.29, 1.82) is 0 Å². The number of ether oxygens (including phenoxy) is 1. The van der Waals surface area contributed by atoms with Crippen molar-refractivity contribution in [1.82, 2.24) is 4.90 Å². The maximum Gasteiger partial charge on any atom is 0.119 e. The largest absolute Gasteiger partial charge is 0.494 e. The van der Waals surface area contributed by atoms with E-state index in [0.717, 1.165) is 31.2 Å². The van der Waals surface area contributed by atoms with Gasteiger partial charge in [-0.1, -0.05) is 49.4 Å². The molecule has 0 radical (unpaired) electrons. The Bertz CT molecular complexity index is 579. The Kier molecular flexibility index (Phi) is 5.71. The highest BCUT2D eigenvalue weighted by molar-refractivity contribution is 5.63. The zero-order chi connectivity index (χ0) is 15.9. The Hall–Kier alpha value is -1.80. The number of likely N-dealkylation sites (tertiary alicyclic amines) is 1. The van der Waals surface area contributed by atoms with E-state index in [1.165, 1.54) is 37.1 Å². The van der Waals surface area contributed by atoms with Crippen molar-refractivity contribution >= 4 is 0 Å². The molecule has 1 aliphatic heterocycles. The number of piperidine rings is 1. The smallest absolute Gasteiger partial charge is 0.119 e. The van der Waals surface area contributed by atoms with Crippen LogP contribution in [0.5, 0.6) is 5.75 Å². The number of rotatable bonds is 6. The van der Waals surface area contributed by atoms with Gasteiger partial charge in [0.15, 0.2) is 0 Å². The number of hydrogen-bond acceptors (Lipinski definition) is 2. The summed E-state index contributed by atoms with van der Waals surface area (Å²) < 4.78 is 5.89. The van der Waals surface area contributed by atoms with Gasteiger partial charge in [-0.2, -0.15) is 0 Å². The monoisotopic (exact) mass is 309 g/mol. The first-order valence-electron chi connectivity index (χ1n) is 8.82. The zero-order valence-electron chi connectivity index (χ0n) is 14.1. The van der Waals surface area contributed by atoms with Crippen LogP contribution in [-0.2, 0) is 0 Å². The Morgan fingerprint density at radius 1 is 1.00 bits per heavy atom. The van der Waals surface area contributed by atoms with Crippen LogP contribution in [0, 0.1) is 5.92 Å². The van der Waals surface area contributed by atoms with Crippen molar-refractivity contribution in [2.75, 3.05) is 26.2 Å². The summed E-state index contributed by atoms with van der Waals surface area (Å²) in [5.74, 6) is 1.83. The molecule has 0 amide bonds. The molecule has 1 atom stereocenters. The predicted octanol–water partition coefficient (Wildman–Crippen LogP) is 4.85. The molecule has 23 heavy (non-hydrogen) atoms. The standard InChI is InChI=1S/C21H27NO/c1-18-7-5-14-22(17-18)15-6-16-23-21-12-10-20(11-13-21)19-8-3-2-4-9-19/h2-4,8-13,18H,5-7,14-17H2,1H3/t18-/m0/s1. The Labute approximate surface area is 140 Å². The molecule has 0 spiro atoms. The summed E-state index contributed by atoms with van der Waals surface area (Å²) in [6.07, 6.45) is 3.84. The van der Waals surface area contributed by atoms with E-state index in [4.69, 9.17) is 4.74 Å². The van der Waals surface area contributed by atoms with Crippen LogP contribution in [-0.4, -0.2) is 31.1 Å². The van der Waals surface area contributed by atoms with E-state index >= 15 is 0 Å². The molecule has 1 aliphatic rings. The van der Waals surface area contributed by atoms with Crippen molar-refractivity contribution < 1.29 is 4.74 Å². The lowest BCUT2D eigenvalue weighted by Crippen LogP contribution is -2.35. The third-order valence-corrected chi connectivity index (χ3v) is 4.59. The molecule has 0 unspecified atom stereocenters. The molecule has 1 fully saturated rings. The van der Waals surface area contributed by atoms with E-state index in [9.17, 15) is 0 Å². The highest BCUT2D eigenvalue weighted by Crippen LogP contribution is 2.22. The number of nitrogens with zero attached hydrogens (tertiary/aromatic N) is 1. The summed E-state index contributed by atoms with van der Waals surface area (Å²) in [5.41, 5.74) is 2.48. The van der Waals surface area contributed by atoms with E-state index in [2.05, 4.69) is 60.4 Å². The van der Waals surface area contributed by atoms with Gasteiger partial charge in [-0.15, -0.1) is 0 Å². The third-order valence-electron chi connectivity index (χ3n) is 4.59. The first-order chi connectivity index (χ1) is 11.3. The average molecular weight is 309 g/mol. The van der Waals surface area contributed by atoms with Crippen LogP contribution in [0.1, 0.15) is 26.2 Å². The fourth-order valence-corrected chi connectivity index (χ4v) is 3.34. The second-order valence-electron chi connectivity index (χ2n) is 6.64. The second kappa shape index (κ2) is 8.16. The van der Waals surface area contributed by atoms with Crippen LogP contribution in [0.4, 0.5) is 0 Å². The summed E-state index contributed by atoms with van der Waals surface area (Å²) in [7, 11) is 0. The fourth-order valence-electron chi connectivity index (χ4n) is 3.34. The van der Waals surface area contributed by atoms with Gasteiger partial charge in [-0.05, 0) is 55.0 Å². The van der Waals surface area contributed by atoms with Gasteiger partial charge in [-0.25, -0.2) is 0 Å². The van der Waals surface area contributed by atoms with Gasteiger partial charge in [0, 0.05) is 13.1 Å². The molecular formula is C21H27NO. The van der Waals surface area contributed by atoms with E-state index in [-0.39, 0.29) is 0 Å². The van der Waals surface area contributed by atoms with Gasteiger partial charge in [0.05, 0.1) is 6.61 Å². The number of hydrogen-bond donors (Lipinski definition) is 0. The normalized spacial score (nSPS) is 18.7. The zero-order valence-corrected chi connectivity index (χ0v) is 14.1. The SMILES string of the molecule is C[C@H]1CCCN(CCCOc2ccc(-c3ccccc3)cc2)C1. The molecule has 2 aromatic carbocycles. The van der Waals surface area contributed by atoms with E-state index in [1.54, 1.807) is 0 Å². The molecule has 2 heteroatoms. The van der Waals surface area contributed by atoms with Crippen molar-refractivity contribution in [3.63, 3.8) is 0 Å². The molecule has 1 saturated heterocycles. The van der Waals surface area contributed by atoms with Crippen LogP contribution in [0.3, 0.4) is 0 Å². The summed E-state index contributed by atoms with van der Waals surface area (Å²) >= 11 is 0.